The second-order valence-corrected chi connectivity index (χ2v) is 5.98. The van der Waals surface area contributed by atoms with Gasteiger partial charge >= 0.3 is 0 Å². The minimum atomic E-state index is 0.811. The number of rotatable bonds is 7. The molecular weight excluding hydrogens is 310 g/mol. The first-order valence-corrected chi connectivity index (χ1v) is 8.25. The average Bonchev–Trinajstić information content (AvgIpc) is 2.75. The summed E-state index contributed by atoms with van der Waals surface area (Å²) < 4.78 is 11.3. The molecule has 0 unspecified atom stereocenters. The zero-order valence-corrected chi connectivity index (χ0v) is 13.0. The van der Waals surface area contributed by atoms with Crippen molar-refractivity contribution in [1.82, 2.24) is 4.37 Å². The molecule has 98 valence electrons. The number of aromatic nitrogens is 1. The molecule has 0 amide bonds. The van der Waals surface area contributed by atoms with Gasteiger partial charge in [0.25, 0.3) is 0 Å². The molecule has 4 heteroatoms. The first-order valence-electron chi connectivity index (χ1n) is 6.36. The van der Waals surface area contributed by atoms with Crippen molar-refractivity contribution in [3.05, 3.63) is 23.9 Å². The second kappa shape index (κ2) is 7.10. The fourth-order valence-electron chi connectivity index (χ4n) is 1.87. The molecule has 2 nitrogen and oxygen atoms in total. The van der Waals surface area contributed by atoms with Crippen LogP contribution in [0, 0.1) is 6.92 Å². The van der Waals surface area contributed by atoms with Crippen LogP contribution in [-0.2, 0) is 0 Å². The number of unbranched alkanes of at least 4 members (excludes halogenated alkanes) is 3. The summed E-state index contributed by atoms with van der Waals surface area (Å²) in [6.07, 6.45) is 4.91. The van der Waals surface area contributed by atoms with E-state index >= 15 is 0 Å². The largest absolute Gasteiger partial charge is 0.494 e. The molecule has 0 spiro atoms. The van der Waals surface area contributed by atoms with E-state index in [4.69, 9.17) is 4.74 Å². The number of aryl methyl sites for hydroxylation is 1. The van der Waals surface area contributed by atoms with Crippen LogP contribution in [0.5, 0.6) is 5.75 Å². The fraction of sp³-hybridized carbons (Fsp3) is 0.500. The zero-order chi connectivity index (χ0) is 12.8. The van der Waals surface area contributed by atoms with E-state index in [9.17, 15) is 0 Å². The van der Waals surface area contributed by atoms with Gasteiger partial charge in [0.15, 0.2) is 0 Å². The Morgan fingerprint density at radius 3 is 2.89 bits per heavy atom. The molecule has 18 heavy (non-hydrogen) atoms. The van der Waals surface area contributed by atoms with Crippen LogP contribution in [0.2, 0.25) is 0 Å². The van der Waals surface area contributed by atoms with Crippen molar-refractivity contribution in [2.24, 2.45) is 0 Å². The van der Waals surface area contributed by atoms with Gasteiger partial charge in [0.05, 0.1) is 17.0 Å². The molecule has 1 aromatic heterocycles. The fourth-order valence-corrected chi connectivity index (χ4v) is 3.09. The Balaban J connectivity index is 1.81. The van der Waals surface area contributed by atoms with Gasteiger partial charge in [0.2, 0.25) is 0 Å². The molecular formula is C14H18BrNOS. The highest BCUT2D eigenvalue weighted by Crippen LogP contribution is 2.26. The van der Waals surface area contributed by atoms with Gasteiger partial charge in [0, 0.05) is 10.7 Å². The SMILES string of the molecule is Cc1nsc2cc(OCCCCCCBr)ccc12. The third kappa shape index (κ3) is 3.69. The predicted molar refractivity (Wildman–Crippen MR) is 82.1 cm³/mol. The molecule has 0 saturated heterocycles. The van der Waals surface area contributed by atoms with Gasteiger partial charge in [-0.3, -0.25) is 0 Å². The van der Waals surface area contributed by atoms with Crippen LogP contribution < -0.4 is 4.74 Å². The highest BCUT2D eigenvalue weighted by Gasteiger charge is 2.03. The first kappa shape index (κ1) is 13.8. The maximum atomic E-state index is 5.77. The topological polar surface area (TPSA) is 22.1 Å². The number of alkyl halides is 1. The highest BCUT2D eigenvalue weighted by atomic mass is 79.9. The predicted octanol–water partition coefficient (Wildman–Crippen LogP) is 4.94. The Kier molecular flexibility index (Phi) is 5.45. The summed E-state index contributed by atoms with van der Waals surface area (Å²) >= 11 is 4.99. The third-order valence-corrected chi connectivity index (χ3v) is 4.38. The first-order chi connectivity index (χ1) is 8.81. The summed E-state index contributed by atoms with van der Waals surface area (Å²) in [6, 6.07) is 6.25. The Hall–Kier alpha value is -0.610. The number of benzene rings is 1. The minimum absolute atomic E-state index is 0.811. The summed E-state index contributed by atoms with van der Waals surface area (Å²) in [4.78, 5) is 0. The zero-order valence-electron chi connectivity index (χ0n) is 10.6. The lowest BCUT2D eigenvalue weighted by Gasteiger charge is -2.05. The van der Waals surface area contributed by atoms with Crippen molar-refractivity contribution in [3.63, 3.8) is 0 Å². The maximum Gasteiger partial charge on any atom is 0.120 e. The molecule has 0 saturated carbocycles. The van der Waals surface area contributed by atoms with Crippen LogP contribution in [0.1, 0.15) is 31.4 Å². The number of hydrogen-bond acceptors (Lipinski definition) is 3. The smallest absolute Gasteiger partial charge is 0.120 e. The van der Waals surface area contributed by atoms with Crippen LogP contribution in [0.15, 0.2) is 18.2 Å². The van der Waals surface area contributed by atoms with Gasteiger partial charge < -0.3 is 4.74 Å². The van der Waals surface area contributed by atoms with Gasteiger partial charge in [-0.15, -0.1) is 0 Å². The molecule has 2 aromatic rings. The highest BCUT2D eigenvalue weighted by molar-refractivity contribution is 9.09. The molecule has 0 aliphatic rings. The summed E-state index contributed by atoms with van der Waals surface area (Å²) in [5.74, 6) is 0.964. The molecule has 0 fully saturated rings. The third-order valence-electron chi connectivity index (χ3n) is 2.92. The number of ether oxygens (including phenoxy) is 1. The van der Waals surface area contributed by atoms with E-state index in [1.165, 1.54) is 29.3 Å². The van der Waals surface area contributed by atoms with Crippen LogP contribution in [0.25, 0.3) is 10.1 Å². The normalized spacial score (nSPS) is 11.0. The van der Waals surface area contributed by atoms with E-state index in [0.717, 1.165) is 29.8 Å². The molecule has 0 N–H and O–H groups in total. The summed E-state index contributed by atoms with van der Waals surface area (Å²) in [5, 5.41) is 2.35. The van der Waals surface area contributed by atoms with Gasteiger partial charge in [-0.1, -0.05) is 28.8 Å². The van der Waals surface area contributed by atoms with Gasteiger partial charge in [-0.25, -0.2) is 0 Å². The van der Waals surface area contributed by atoms with Crippen LogP contribution in [0.4, 0.5) is 0 Å². The van der Waals surface area contributed by atoms with Crippen LogP contribution >= 0.6 is 27.5 Å². The van der Waals surface area contributed by atoms with Crippen molar-refractivity contribution < 1.29 is 4.74 Å². The van der Waals surface area contributed by atoms with Crippen molar-refractivity contribution in [2.75, 3.05) is 11.9 Å². The van der Waals surface area contributed by atoms with E-state index in [1.807, 2.05) is 13.0 Å². The summed E-state index contributed by atoms with van der Waals surface area (Å²) in [7, 11) is 0. The molecule has 0 radical (unpaired) electrons. The molecule has 0 aliphatic heterocycles. The Morgan fingerprint density at radius 2 is 2.06 bits per heavy atom. The number of fused-ring (bicyclic) bond motifs is 1. The Labute approximate surface area is 121 Å². The lowest BCUT2D eigenvalue weighted by molar-refractivity contribution is 0.305. The quantitative estimate of drug-likeness (QED) is 0.530. The number of hydrogen-bond donors (Lipinski definition) is 0. The summed E-state index contributed by atoms with van der Waals surface area (Å²) in [6.45, 7) is 2.86. The molecule has 2 rings (SSSR count). The van der Waals surface area contributed by atoms with Gasteiger partial charge in [-0.05, 0) is 49.5 Å². The van der Waals surface area contributed by atoms with E-state index in [-0.39, 0.29) is 0 Å². The van der Waals surface area contributed by atoms with Crippen LogP contribution in [0.3, 0.4) is 0 Å². The molecule has 0 atom stereocenters. The van der Waals surface area contributed by atoms with Crippen LogP contribution in [-0.4, -0.2) is 16.3 Å². The Bertz CT molecular complexity index is 497. The Morgan fingerprint density at radius 1 is 1.22 bits per heavy atom. The van der Waals surface area contributed by atoms with Crippen molar-refractivity contribution in [2.45, 2.75) is 32.6 Å². The lowest BCUT2D eigenvalue weighted by atomic mass is 10.2. The van der Waals surface area contributed by atoms with E-state index in [0.29, 0.717) is 0 Å². The molecule has 1 aromatic carbocycles. The summed E-state index contributed by atoms with van der Waals surface area (Å²) in [5.41, 5.74) is 1.11. The maximum absolute atomic E-state index is 5.77. The van der Waals surface area contributed by atoms with E-state index in [2.05, 4.69) is 32.4 Å². The standard InChI is InChI=1S/C14H18BrNOS/c1-11-13-7-6-12(10-14(13)18-16-11)17-9-5-3-2-4-8-15/h6-7,10H,2-5,8-9H2,1H3. The van der Waals surface area contributed by atoms with Crippen molar-refractivity contribution >= 4 is 37.5 Å². The van der Waals surface area contributed by atoms with E-state index in [1.54, 1.807) is 11.5 Å². The minimum Gasteiger partial charge on any atom is -0.494 e. The molecule has 0 aliphatic carbocycles. The molecule has 0 bridgehead atoms. The van der Waals surface area contributed by atoms with Gasteiger partial charge in [-0.2, -0.15) is 4.37 Å². The average molecular weight is 328 g/mol. The monoisotopic (exact) mass is 327 g/mol. The van der Waals surface area contributed by atoms with Crippen molar-refractivity contribution in [3.8, 4) is 5.75 Å². The van der Waals surface area contributed by atoms with Crippen molar-refractivity contribution in [1.29, 1.82) is 0 Å². The van der Waals surface area contributed by atoms with Gasteiger partial charge in [0.1, 0.15) is 5.75 Å². The second-order valence-electron chi connectivity index (χ2n) is 4.38. The lowest BCUT2D eigenvalue weighted by Crippen LogP contribution is -1.97. The number of nitrogens with zero attached hydrogens (tertiary/aromatic N) is 1. The number of halogens is 1. The van der Waals surface area contributed by atoms with E-state index < -0.39 is 0 Å². The molecule has 1 heterocycles.